The van der Waals surface area contributed by atoms with E-state index in [9.17, 15) is 9.90 Å². The lowest BCUT2D eigenvalue weighted by Crippen LogP contribution is -1.97. The third-order valence-electron chi connectivity index (χ3n) is 2.47. The Balaban J connectivity index is 1.98. The minimum Gasteiger partial charge on any atom is -0.247 e. The number of rotatable bonds is 4. The third-order valence-corrected chi connectivity index (χ3v) is 2.47. The van der Waals surface area contributed by atoms with Crippen LogP contribution >= 0.6 is 0 Å². The Morgan fingerprint density at radius 1 is 1.27 bits per heavy atom. The van der Waals surface area contributed by atoms with Crippen LogP contribution < -0.4 is 0 Å². The first-order valence-corrected chi connectivity index (χ1v) is 4.49. The fourth-order valence-corrected chi connectivity index (χ4v) is 1.83. The van der Waals surface area contributed by atoms with Crippen molar-refractivity contribution in [2.45, 2.75) is 44.9 Å². The summed E-state index contributed by atoms with van der Waals surface area (Å²) in [6.45, 7) is 0. The molecule has 0 amide bonds. The number of hydrogen-bond donors (Lipinski definition) is 0. The van der Waals surface area contributed by atoms with Gasteiger partial charge in [0.15, 0.2) is 0 Å². The molecule has 0 spiro atoms. The lowest BCUT2D eigenvalue weighted by molar-refractivity contribution is -0.143. The zero-order chi connectivity index (χ0) is 8.10. The smallest absolute Gasteiger partial charge is 0.247 e. The molecule has 63 valence electrons. The van der Waals surface area contributed by atoms with Crippen LogP contribution in [0.2, 0.25) is 0 Å². The number of carbonyl (C=O) groups is 1. The normalized spacial score (nSPS) is 18.9. The lowest BCUT2D eigenvalue weighted by Gasteiger charge is -2.05. The Morgan fingerprint density at radius 2 is 1.91 bits per heavy atom. The van der Waals surface area contributed by atoms with E-state index in [1.807, 2.05) is 0 Å². The van der Waals surface area contributed by atoms with Gasteiger partial charge in [0.2, 0.25) is 0 Å². The Morgan fingerprint density at radius 3 is 2.45 bits per heavy atom. The zero-order valence-corrected chi connectivity index (χ0v) is 6.84. The summed E-state index contributed by atoms with van der Waals surface area (Å²) in [5.41, 5.74) is 0. The van der Waals surface area contributed by atoms with E-state index in [-0.39, 0.29) is 6.42 Å². The molecule has 1 radical (unpaired) electrons. The second-order valence-corrected chi connectivity index (χ2v) is 3.41. The van der Waals surface area contributed by atoms with E-state index in [2.05, 4.69) is 0 Å². The largest absolute Gasteiger partial charge is 0.355 e. The van der Waals surface area contributed by atoms with Gasteiger partial charge < -0.3 is 0 Å². The van der Waals surface area contributed by atoms with Crippen molar-refractivity contribution < 1.29 is 9.90 Å². The first kappa shape index (κ1) is 8.57. The van der Waals surface area contributed by atoms with Gasteiger partial charge in [0.1, 0.15) is 0 Å². The van der Waals surface area contributed by atoms with Gasteiger partial charge in [-0.15, -0.1) is 0 Å². The Labute approximate surface area is 67.6 Å². The van der Waals surface area contributed by atoms with Crippen LogP contribution in [0.3, 0.4) is 0 Å². The zero-order valence-electron chi connectivity index (χ0n) is 6.84. The molecular formula is C9H15O2. The molecule has 0 heterocycles. The van der Waals surface area contributed by atoms with Gasteiger partial charge in [-0.1, -0.05) is 25.7 Å². The molecule has 1 fully saturated rings. The molecule has 0 N–H and O–H groups in total. The highest BCUT2D eigenvalue weighted by atomic mass is 16.4. The first-order valence-electron chi connectivity index (χ1n) is 4.49. The molecule has 0 unspecified atom stereocenters. The Bertz CT molecular complexity index is 126. The number of carbonyl (C=O) groups excluding carboxylic acids is 1. The van der Waals surface area contributed by atoms with Crippen LogP contribution in [0.1, 0.15) is 44.9 Å². The van der Waals surface area contributed by atoms with E-state index >= 15 is 0 Å². The highest BCUT2D eigenvalue weighted by molar-refractivity contribution is 5.66. The molecule has 1 rings (SSSR count). The van der Waals surface area contributed by atoms with Crippen molar-refractivity contribution in [1.29, 1.82) is 0 Å². The van der Waals surface area contributed by atoms with Crippen LogP contribution in [0.25, 0.3) is 0 Å². The molecule has 1 aliphatic carbocycles. The maximum absolute atomic E-state index is 10.1. The second kappa shape index (κ2) is 4.37. The predicted molar refractivity (Wildman–Crippen MR) is 41.5 cm³/mol. The van der Waals surface area contributed by atoms with Gasteiger partial charge in [-0.05, 0) is 18.8 Å². The van der Waals surface area contributed by atoms with E-state index in [0.29, 0.717) is 0 Å². The van der Waals surface area contributed by atoms with Gasteiger partial charge in [0.25, 0.3) is 0 Å². The molecule has 0 saturated heterocycles. The minimum absolute atomic E-state index is 0.247. The van der Waals surface area contributed by atoms with Crippen LogP contribution in [0.5, 0.6) is 0 Å². The molecule has 0 aromatic heterocycles. The van der Waals surface area contributed by atoms with Crippen molar-refractivity contribution in [2.75, 3.05) is 0 Å². The molecule has 2 heteroatoms. The van der Waals surface area contributed by atoms with Crippen molar-refractivity contribution in [1.82, 2.24) is 0 Å². The van der Waals surface area contributed by atoms with E-state index in [1.54, 1.807) is 0 Å². The Kier molecular flexibility index (Phi) is 3.40. The van der Waals surface area contributed by atoms with Crippen molar-refractivity contribution in [3.05, 3.63) is 0 Å². The molecule has 0 bridgehead atoms. The number of hydrogen-bond acceptors (Lipinski definition) is 1. The van der Waals surface area contributed by atoms with Gasteiger partial charge >= 0.3 is 5.97 Å². The monoisotopic (exact) mass is 155 g/mol. The van der Waals surface area contributed by atoms with Gasteiger partial charge in [-0.25, -0.2) is 9.90 Å². The predicted octanol–water partition coefficient (Wildman–Crippen LogP) is 2.30. The fourth-order valence-electron chi connectivity index (χ4n) is 1.83. The van der Waals surface area contributed by atoms with E-state index < -0.39 is 5.97 Å². The van der Waals surface area contributed by atoms with Gasteiger partial charge in [-0.2, -0.15) is 0 Å². The Hall–Kier alpha value is -0.530. The van der Waals surface area contributed by atoms with Crippen molar-refractivity contribution >= 4 is 5.97 Å². The van der Waals surface area contributed by atoms with Gasteiger partial charge in [0.05, 0.1) is 6.42 Å². The average molecular weight is 155 g/mol. The summed E-state index contributed by atoms with van der Waals surface area (Å²) < 4.78 is 0. The highest BCUT2D eigenvalue weighted by Crippen LogP contribution is 2.28. The quantitative estimate of drug-likeness (QED) is 0.613. The summed E-state index contributed by atoms with van der Waals surface area (Å²) in [7, 11) is 0. The van der Waals surface area contributed by atoms with Crippen molar-refractivity contribution in [3.63, 3.8) is 0 Å². The van der Waals surface area contributed by atoms with E-state index in [1.165, 1.54) is 25.7 Å². The van der Waals surface area contributed by atoms with Gasteiger partial charge in [0, 0.05) is 0 Å². The third kappa shape index (κ3) is 3.40. The molecule has 1 saturated carbocycles. The maximum Gasteiger partial charge on any atom is 0.355 e. The molecule has 0 aliphatic heterocycles. The molecular weight excluding hydrogens is 140 g/mol. The molecule has 0 aromatic carbocycles. The molecule has 0 aromatic rings. The molecule has 11 heavy (non-hydrogen) atoms. The standard InChI is InChI=1S/C9H15O2/c10-9(11)7-3-6-8-4-1-2-5-8/h8H,1-7H2. The summed E-state index contributed by atoms with van der Waals surface area (Å²) in [5, 5.41) is 10.1. The van der Waals surface area contributed by atoms with Crippen LogP contribution in [0.15, 0.2) is 0 Å². The second-order valence-electron chi connectivity index (χ2n) is 3.41. The van der Waals surface area contributed by atoms with Crippen LogP contribution in [-0.2, 0) is 9.90 Å². The SMILES string of the molecule is [O]C(=O)CCCC1CCCC1. The van der Waals surface area contributed by atoms with Crippen LogP contribution in [0, 0.1) is 5.92 Å². The van der Waals surface area contributed by atoms with Crippen LogP contribution in [-0.4, -0.2) is 5.97 Å². The maximum atomic E-state index is 10.1. The molecule has 1 aliphatic rings. The summed E-state index contributed by atoms with van der Waals surface area (Å²) in [6.07, 6.45) is 7.46. The first-order chi connectivity index (χ1) is 5.29. The highest BCUT2D eigenvalue weighted by Gasteiger charge is 2.14. The summed E-state index contributed by atoms with van der Waals surface area (Å²) in [4.78, 5) is 10.1. The van der Waals surface area contributed by atoms with E-state index in [4.69, 9.17) is 0 Å². The summed E-state index contributed by atoms with van der Waals surface area (Å²) in [5.74, 6) is -0.0858. The summed E-state index contributed by atoms with van der Waals surface area (Å²) in [6, 6.07) is 0. The summed E-state index contributed by atoms with van der Waals surface area (Å²) >= 11 is 0. The molecule has 2 nitrogen and oxygen atoms in total. The lowest BCUT2D eigenvalue weighted by atomic mass is 10.0. The molecule has 0 atom stereocenters. The average Bonchev–Trinajstić information content (AvgIpc) is 2.39. The minimum atomic E-state index is -0.900. The van der Waals surface area contributed by atoms with Crippen molar-refractivity contribution in [2.24, 2.45) is 5.92 Å². The fraction of sp³-hybridized carbons (Fsp3) is 0.889. The van der Waals surface area contributed by atoms with E-state index in [0.717, 1.165) is 18.8 Å². The van der Waals surface area contributed by atoms with Crippen LogP contribution in [0.4, 0.5) is 0 Å². The van der Waals surface area contributed by atoms with Gasteiger partial charge in [-0.3, -0.25) is 0 Å². The van der Waals surface area contributed by atoms with Crippen molar-refractivity contribution in [3.8, 4) is 0 Å². The topological polar surface area (TPSA) is 37.0 Å².